The van der Waals surface area contributed by atoms with E-state index in [1.165, 1.54) is 18.2 Å². The molecule has 142 valence electrons. The molecular weight excluding hydrogens is 350 g/mol. The number of rotatable bonds is 5. The third-order valence-corrected chi connectivity index (χ3v) is 5.31. The molecule has 7 nitrogen and oxygen atoms in total. The molecule has 7 heteroatoms. The molecule has 1 unspecified atom stereocenters. The minimum absolute atomic E-state index is 0.0347. The molecule has 0 radical (unpaired) electrons. The lowest BCUT2D eigenvalue weighted by Gasteiger charge is -2.29. The van der Waals surface area contributed by atoms with E-state index >= 15 is 0 Å². The molecule has 1 saturated carbocycles. The molecule has 1 atom stereocenters. The van der Waals surface area contributed by atoms with Gasteiger partial charge in [-0.2, -0.15) is 0 Å². The van der Waals surface area contributed by atoms with Crippen LogP contribution in [0.4, 0.5) is 0 Å². The number of nitrogens with one attached hydrogen (secondary N) is 1. The molecule has 2 aliphatic rings. The number of aldehydes is 1. The van der Waals surface area contributed by atoms with Gasteiger partial charge in [-0.3, -0.25) is 9.59 Å². The summed E-state index contributed by atoms with van der Waals surface area (Å²) < 4.78 is 0. The maximum absolute atomic E-state index is 12.9. The maximum atomic E-state index is 12.9. The highest BCUT2D eigenvalue weighted by atomic mass is 16.4. The van der Waals surface area contributed by atoms with E-state index in [1.807, 2.05) is 0 Å². The van der Waals surface area contributed by atoms with Gasteiger partial charge in [-0.1, -0.05) is 31.4 Å². The van der Waals surface area contributed by atoms with Crippen LogP contribution in [0.2, 0.25) is 0 Å². The first-order chi connectivity index (χ1) is 12.9. The van der Waals surface area contributed by atoms with Crippen molar-refractivity contribution < 1.29 is 29.4 Å². The van der Waals surface area contributed by atoms with Gasteiger partial charge >= 0.3 is 11.9 Å². The first kappa shape index (κ1) is 18.8. The maximum Gasteiger partial charge on any atom is 0.336 e. The SMILES string of the molecule is O=Cc1ccc(C(=O)O)c2c1C(C(=O)O)=CCC2C(=O)NC1CCCCC1. The van der Waals surface area contributed by atoms with E-state index in [0.717, 1.165) is 32.1 Å². The van der Waals surface area contributed by atoms with Crippen molar-refractivity contribution in [2.75, 3.05) is 0 Å². The first-order valence-corrected chi connectivity index (χ1v) is 9.03. The van der Waals surface area contributed by atoms with E-state index in [2.05, 4.69) is 5.32 Å². The van der Waals surface area contributed by atoms with Crippen molar-refractivity contribution in [3.05, 3.63) is 40.5 Å². The molecule has 0 saturated heterocycles. The Balaban J connectivity index is 2.06. The Hall–Kier alpha value is -2.96. The number of fused-ring (bicyclic) bond motifs is 1. The topological polar surface area (TPSA) is 121 Å². The number of hydrogen-bond acceptors (Lipinski definition) is 4. The third-order valence-electron chi connectivity index (χ3n) is 5.31. The van der Waals surface area contributed by atoms with E-state index in [9.17, 15) is 29.4 Å². The molecule has 2 aliphatic carbocycles. The van der Waals surface area contributed by atoms with Crippen molar-refractivity contribution in [2.24, 2.45) is 0 Å². The number of carboxylic acids is 2. The van der Waals surface area contributed by atoms with Crippen molar-refractivity contribution in [3.63, 3.8) is 0 Å². The summed E-state index contributed by atoms with van der Waals surface area (Å²) in [6.07, 6.45) is 6.92. The number of aliphatic carboxylic acids is 1. The van der Waals surface area contributed by atoms with Gasteiger partial charge < -0.3 is 15.5 Å². The molecule has 0 aliphatic heterocycles. The van der Waals surface area contributed by atoms with Gasteiger partial charge in [-0.25, -0.2) is 9.59 Å². The van der Waals surface area contributed by atoms with Gasteiger partial charge in [0.25, 0.3) is 0 Å². The second-order valence-corrected chi connectivity index (χ2v) is 6.97. The summed E-state index contributed by atoms with van der Waals surface area (Å²) >= 11 is 0. The molecule has 3 rings (SSSR count). The largest absolute Gasteiger partial charge is 0.478 e. The van der Waals surface area contributed by atoms with Crippen LogP contribution in [0.25, 0.3) is 5.57 Å². The zero-order valence-corrected chi connectivity index (χ0v) is 14.7. The second kappa shape index (κ2) is 7.73. The summed E-state index contributed by atoms with van der Waals surface area (Å²) in [5.74, 6) is -3.68. The van der Waals surface area contributed by atoms with Crippen LogP contribution >= 0.6 is 0 Å². The quantitative estimate of drug-likeness (QED) is 0.684. The third kappa shape index (κ3) is 3.63. The Morgan fingerprint density at radius 1 is 1.04 bits per heavy atom. The number of carboxylic acid groups (broad SMARTS) is 2. The summed E-state index contributed by atoms with van der Waals surface area (Å²) in [5, 5.41) is 22.0. The van der Waals surface area contributed by atoms with E-state index in [1.54, 1.807) is 0 Å². The number of carbonyl (C=O) groups excluding carboxylic acids is 2. The average Bonchev–Trinajstić information content (AvgIpc) is 2.66. The smallest absolute Gasteiger partial charge is 0.336 e. The van der Waals surface area contributed by atoms with Crippen molar-refractivity contribution in [3.8, 4) is 0 Å². The minimum Gasteiger partial charge on any atom is -0.478 e. The number of aromatic carboxylic acids is 1. The first-order valence-electron chi connectivity index (χ1n) is 9.03. The minimum atomic E-state index is -1.26. The Morgan fingerprint density at radius 2 is 1.74 bits per heavy atom. The summed E-state index contributed by atoms with van der Waals surface area (Å²) in [6.45, 7) is 0. The van der Waals surface area contributed by atoms with Gasteiger partial charge in [-0.15, -0.1) is 0 Å². The van der Waals surface area contributed by atoms with E-state index in [0.29, 0.717) is 6.29 Å². The van der Waals surface area contributed by atoms with Crippen molar-refractivity contribution in [1.29, 1.82) is 0 Å². The van der Waals surface area contributed by atoms with Crippen LogP contribution in [-0.2, 0) is 9.59 Å². The summed E-state index contributed by atoms with van der Waals surface area (Å²) in [5.41, 5.74) is -0.0743. The molecule has 1 fully saturated rings. The normalized spacial score (nSPS) is 19.6. The Labute approximate surface area is 156 Å². The number of allylic oxidation sites excluding steroid dienone is 1. The summed E-state index contributed by atoms with van der Waals surface area (Å²) in [6, 6.07) is 2.59. The standard InChI is InChI=1S/C20H21NO6/c22-10-11-6-7-15(20(26)27)17-13(8-9-14(16(11)17)19(24)25)18(23)21-12-4-2-1-3-5-12/h6-7,9-10,12-13H,1-5,8H2,(H,21,23)(H,24,25)(H,26,27). The van der Waals surface area contributed by atoms with Crippen LogP contribution in [0.15, 0.2) is 18.2 Å². The van der Waals surface area contributed by atoms with Crippen LogP contribution < -0.4 is 5.32 Å². The van der Waals surface area contributed by atoms with Crippen LogP contribution in [0.3, 0.4) is 0 Å². The molecule has 1 aromatic rings. The van der Waals surface area contributed by atoms with Crippen LogP contribution in [0, 0.1) is 0 Å². The highest BCUT2D eigenvalue weighted by molar-refractivity contribution is 6.19. The fourth-order valence-electron chi connectivity index (χ4n) is 4.02. The van der Waals surface area contributed by atoms with Gasteiger partial charge in [0.2, 0.25) is 5.91 Å². The number of benzene rings is 1. The van der Waals surface area contributed by atoms with Gasteiger partial charge in [0.05, 0.1) is 17.1 Å². The van der Waals surface area contributed by atoms with E-state index < -0.39 is 17.9 Å². The highest BCUT2D eigenvalue weighted by Crippen LogP contribution is 2.39. The fourth-order valence-corrected chi connectivity index (χ4v) is 4.02. The van der Waals surface area contributed by atoms with Crippen LogP contribution in [-0.4, -0.2) is 40.4 Å². The predicted octanol–water partition coefficient (Wildman–Crippen LogP) is 2.60. The van der Waals surface area contributed by atoms with Crippen molar-refractivity contribution in [2.45, 2.75) is 50.5 Å². The predicted molar refractivity (Wildman–Crippen MR) is 96.8 cm³/mol. The molecular formula is C20H21NO6. The van der Waals surface area contributed by atoms with Gasteiger partial charge in [-0.05, 0) is 30.9 Å². The lowest BCUT2D eigenvalue weighted by Crippen LogP contribution is -2.40. The van der Waals surface area contributed by atoms with Crippen molar-refractivity contribution >= 4 is 29.7 Å². The number of carbonyl (C=O) groups is 4. The molecule has 3 N–H and O–H groups in total. The van der Waals surface area contributed by atoms with Gasteiger partial charge in [0.15, 0.2) is 6.29 Å². The highest BCUT2D eigenvalue weighted by Gasteiger charge is 2.35. The summed E-state index contributed by atoms with van der Waals surface area (Å²) in [4.78, 5) is 47.7. The molecule has 0 heterocycles. The van der Waals surface area contributed by atoms with E-state index in [4.69, 9.17) is 0 Å². The second-order valence-electron chi connectivity index (χ2n) is 6.97. The molecule has 27 heavy (non-hydrogen) atoms. The Bertz CT molecular complexity index is 835. The Morgan fingerprint density at radius 3 is 2.33 bits per heavy atom. The fraction of sp³-hybridized carbons (Fsp3) is 0.400. The average molecular weight is 371 g/mol. The van der Waals surface area contributed by atoms with Crippen molar-refractivity contribution in [1.82, 2.24) is 5.32 Å². The molecule has 0 bridgehead atoms. The molecule has 0 aromatic heterocycles. The molecule has 1 aromatic carbocycles. The molecule has 1 amide bonds. The lowest BCUT2D eigenvalue weighted by atomic mass is 9.77. The zero-order chi connectivity index (χ0) is 19.6. The number of amides is 1. The zero-order valence-electron chi connectivity index (χ0n) is 14.7. The van der Waals surface area contributed by atoms with E-state index in [-0.39, 0.29) is 46.2 Å². The van der Waals surface area contributed by atoms with Gasteiger partial charge in [0, 0.05) is 17.2 Å². The molecule has 0 spiro atoms. The Kier molecular flexibility index (Phi) is 5.39. The summed E-state index contributed by atoms with van der Waals surface area (Å²) in [7, 11) is 0. The van der Waals surface area contributed by atoms with Crippen LogP contribution in [0.5, 0.6) is 0 Å². The monoisotopic (exact) mass is 371 g/mol. The lowest BCUT2D eigenvalue weighted by molar-refractivity contribution is -0.130. The van der Waals surface area contributed by atoms with Crippen LogP contribution in [0.1, 0.15) is 76.3 Å². The van der Waals surface area contributed by atoms with Gasteiger partial charge in [0.1, 0.15) is 0 Å². The number of hydrogen-bond donors (Lipinski definition) is 3.